The molecule has 0 saturated heterocycles. The molecule has 1 unspecified atom stereocenters. The van der Waals surface area contributed by atoms with Crippen LogP contribution in [0.15, 0.2) is 0 Å². The minimum atomic E-state index is -3.45. The number of aliphatic carboxylic acids is 2. The number of ketones is 2. The van der Waals surface area contributed by atoms with Gasteiger partial charge in [-0.1, -0.05) is 0 Å². The van der Waals surface area contributed by atoms with Crippen molar-refractivity contribution in [2.24, 2.45) is 5.41 Å². The Morgan fingerprint density at radius 1 is 0.800 bits per heavy atom. The SMILES string of the molecule is CC(=O)OC(=O)C(C(C)=O)(C(C)=O)C(CC(=O)O)(OC(C)=O)C(=O)O. The lowest BCUT2D eigenvalue weighted by molar-refractivity contribution is -0.207. The molecule has 0 fully saturated rings. The molecule has 11 nitrogen and oxygen atoms in total. The Bertz CT molecular complexity index is 628. The summed E-state index contributed by atoms with van der Waals surface area (Å²) in [7, 11) is 0. The molecule has 11 heteroatoms. The molecule has 1 atom stereocenters. The van der Waals surface area contributed by atoms with Crippen molar-refractivity contribution in [3.8, 4) is 0 Å². The minimum absolute atomic E-state index is 0.603. The number of rotatable bonds is 8. The van der Waals surface area contributed by atoms with Crippen LogP contribution < -0.4 is 0 Å². The van der Waals surface area contributed by atoms with Crippen LogP contribution in [0.1, 0.15) is 34.1 Å². The number of hydrogen-bond acceptors (Lipinski definition) is 9. The number of carbonyl (C=O) groups excluding carboxylic acids is 5. The summed E-state index contributed by atoms with van der Waals surface area (Å²) in [4.78, 5) is 82.0. The molecule has 0 radical (unpaired) electrons. The van der Waals surface area contributed by atoms with E-state index in [1.807, 2.05) is 0 Å². The second-order valence-electron chi connectivity index (χ2n) is 5.04. The van der Waals surface area contributed by atoms with Crippen molar-refractivity contribution in [1.29, 1.82) is 0 Å². The first kappa shape index (κ1) is 21.9. The quantitative estimate of drug-likeness (QED) is 0.404. The van der Waals surface area contributed by atoms with Crippen molar-refractivity contribution in [2.45, 2.75) is 39.7 Å². The second kappa shape index (κ2) is 7.64. The predicted octanol–water partition coefficient (Wildman–Crippen LogP) is -0.898. The van der Waals surface area contributed by atoms with Gasteiger partial charge in [0.15, 0.2) is 11.6 Å². The van der Waals surface area contributed by atoms with E-state index in [0.717, 1.165) is 6.92 Å². The molecular formula is C14H16O11. The topological polar surface area (TPSA) is 178 Å². The molecule has 0 saturated carbocycles. The highest BCUT2D eigenvalue weighted by Gasteiger charge is 2.72. The third kappa shape index (κ3) is 3.87. The lowest BCUT2D eigenvalue weighted by Crippen LogP contribution is -2.68. The monoisotopic (exact) mass is 360 g/mol. The maximum absolute atomic E-state index is 12.3. The van der Waals surface area contributed by atoms with Gasteiger partial charge in [0.25, 0.3) is 0 Å². The van der Waals surface area contributed by atoms with Crippen molar-refractivity contribution < 1.29 is 53.2 Å². The van der Waals surface area contributed by atoms with Crippen LogP contribution in [0.3, 0.4) is 0 Å². The molecule has 0 aromatic carbocycles. The van der Waals surface area contributed by atoms with Crippen LogP contribution >= 0.6 is 0 Å². The average molecular weight is 360 g/mol. The van der Waals surface area contributed by atoms with Gasteiger partial charge in [-0.2, -0.15) is 0 Å². The lowest BCUT2D eigenvalue weighted by atomic mass is 9.64. The zero-order valence-electron chi connectivity index (χ0n) is 13.8. The largest absolute Gasteiger partial charge is 0.481 e. The summed E-state index contributed by atoms with van der Waals surface area (Å²) in [5.74, 6) is -11.7. The highest BCUT2D eigenvalue weighted by molar-refractivity contribution is 6.26. The number of carbonyl (C=O) groups is 7. The number of esters is 3. The summed E-state index contributed by atoms with van der Waals surface area (Å²) < 4.78 is 8.72. The van der Waals surface area contributed by atoms with E-state index in [2.05, 4.69) is 9.47 Å². The highest BCUT2D eigenvalue weighted by Crippen LogP contribution is 2.42. The van der Waals surface area contributed by atoms with Crippen molar-refractivity contribution in [3.05, 3.63) is 0 Å². The van der Waals surface area contributed by atoms with Gasteiger partial charge in [-0.25, -0.2) is 9.59 Å². The Morgan fingerprint density at radius 3 is 1.48 bits per heavy atom. The summed E-state index contributed by atoms with van der Waals surface area (Å²) in [6, 6.07) is 0. The molecular weight excluding hydrogens is 344 g/mol. The Morgan fingerprint density at radius 2 is 1.24 bits per heavy atom. The number of hydrogen-bond donors (Lipinski definition) is 2. The number of Topliss-reactive ketones (excluding diaryl/α,β-unsaturated/α-hetero) is 2. The van der Waals surface area contributed by atoms with Crippen molar-refractivity contribution in [3.63, 3.8) is 0 Å². The van der Waals surface area contributed by atoms with E-state index in [4.69, 9.17) is 5.11 Å². The lowest BCUT2D eigenvalue weighted by Gasteiger charge is -2.40. The first-order valence-corrected chi connectivity index (χ1v) is 6.65. The summed E-state index contributed by atoms with van der Waals surface area (Å²) in [5, 5.41) is 18.5. The van der Waals surface area contributed by atoms with Gasteiger partial charge in [-0.15, -0.1) is 0 Å². The number of ether oxygens (including phenoxy) is 2. The smallest absolute Gasteiger partial charge is 0.351 e. The Kier molecular flexibility index (Phi) is 6.69. The molecule has 0 spiro atoms. The molecule has 0 aliphatic rings. The van der Waals surface area contributed by atoms with Gasteiger partial charge >= 0.3 is 29.8 Å². The molecule has 0 aromatic heterocycles. The van der Waals surface area contributed by atoms with E-state index in [9.17, 15) is 38.7 Å². The first-order chi connectivity index (χ1) is 11.3. The van der Waals surface area contributed by atoms with E-state index < -0.39 is 58.8 Å². The van der Waals surface area contributed by atoms with Gasteiger partial charge in [-0.05, 0) is 13.8 Å². The molecule has 0 aliphatic heterocycles. The predicted molar refractivity (Wildman–Crippen MR) is 75.0 cm³/mol. The maximum Gasteiger partial charge on any atom is 0.351 e. The Balaban J connectivity index is 7.08. The second-order valence-corrected chi connectivity index (χ2v) is 5.04. The summed E-state index contributed by atoms with van der Waals surface area (Å²) in [5.41, 5.74) is -6.84. The van der Waals surface area contributed by atoms with Gasteiger partial charge in [0.2, 0.25) is 11.0 Å². The van der Waals surface area contributed by atoms with Crippen LogP contribution in [0.25, 0.3) is 0 Å². The molecule has 0 amide bonds. The Labute approximate surface area is 140 Å². The number of carboxylic acids is 2. The zero-order valence-corrected chi connectivity index (χ0v) is 13.8. The van der Waals surface area contributed by atoms with Crippen LogP contribution in [0, 0.1) is 5.41 Å². The van der Waals surface area contributed by atoms with Crippen LogP contribution in [0.4, 0.5) is 0 Å². The summed E-state index contributed by atoms with van der Waals surface area (Å²) in [6.45, 7) is 2.62. The van der Waals surface area contributed by atoms with Gasteiger partial charge in [0.1, 0.15) is 0 Å². The van der Waals surface area contributed by atoms with Crippen molar-refractivity contribution in [1.82, 2.24) is 0 Å². The van der Waals surface area contributed by atoms with E-state index in [1.165, 1.54) is 0 Å². The molecule has 0 aromatic rings. The van der Waals surface area contributed by atoms with Gasteiger partial charge < -0.3 is 19.7 Å². The first-order valence-electron chi connectivity index (χ1n) is 6.65. The fourth-order valence-corrected chi connectivity index (χ4v) is 2.46. The normalized spacial score (nSPS) is 13.1. The minimum Gasteiger partial charge on any atom is -0.481 e. The van der Waals surface area contributed by atoms with Gasteiger partial charge in [-0.3, -0.25) is 24.0 Å². The molecule has 0 rings (SSSR count). The van der Waals surface area contributed by atoms with E-state index in [0.29, 0.717) is 20.8 Å². The molecule has 0 heterocycles. The van der Waals surface area contributed by atoms with Crippen LogP contribution in [0.2, 0.25) is 0 Å². The third-order valence-electron chi connectivity index (χ3n) is 3.27. The Hall–Kier alpha value is -3.11. The van der Waals surface area contributed by atoms with Crippen molar-refractivity contribution in [2.75, 3.05) is 0 Å². The highest BCUT2D eigenvalue weighted by atomic mass is 16.6. The summed E-state index contributed by atoms with van der Waals surface area (Å²) in [6.07, 6.45) is -1.62. The third-order valence-corrected chi connectivity index (χ3v) is 3.27. The standard InChI is InChI=1S/C14H16O11/c1-6(15)14(7(2)16,12(23)24-8(3)17)13(11(21)22,5-10(19)20)25-9(4)18/h5H2,1-4H3,(H,19,20)(H,21,22). The molecule has 0 bridgehead atoms. The summed E-state index contributed by atoms with van der Waals surface area (Å²) >= 11 is 0. The van der Waals surface area contributed by atoms with E-state index in [-0.39, 0.29) is 0 Å². The van der Waals surface area contributed by atoms with Crippen molar-refractivity contribution >= 4 is 41.4 Å². The van der Waals surface area contributed by atoms with Crippen LogP contribution in [0.5, 0.6) is 0 Å². The van der Waals surface area contributed by atoms with E-state index in [1.54, 1.807) is 0 Å². The molecule has 2 N–H and O–H groups in total. The maximum atomic E-state index is 12.3. The molecule has 25 heavy (non-hydrogen) atoms. The van der Waals surface area contributed by atoms with Crippen LogP contribution in [-0.4, -0.2) is 57.2 Å². The average Bonchev–Trinajstić information content (AvgIpc) is 2.34. The zero-order chi connectivity index (χ0) is 20.2. The van der Waals surface area contributed by atoms with Gasteiger partial charge in [0.05, 0.1) is 6.42 Å². The molecule has 138 valence electrons. The molecule has 0 aliphatic carbocycles. The number of carboxylic acid groups (broad SMARTS) is 2. The fraction of sp³-hybridized carbons (Fsp3) is 0.500. The fourth-order valence-electron chi connectivity index (χ4n) is 2.46. The van der Waals surface area contributed by atoms with E-state index >= 15 is 0 Å². The van der Waals surface area contributed by atoms with Crippen LogP contribution in [-0.2, 0) is 43.0 Å². The van der Waals surface area contributed by atoms with Gasteiger partial charge in [0, 0.05) is 13.8 Å².